The largest absolute Gasteiger partial charge is 0.463 e. The third-order valence-electron chi connectivity index (χ3n) is 4.65. The van der Waals surface area contributed by atoms with Crippen LogP contribution in [0.15, 0.2) is 54.9 Å². The van der Waals surface area contributed by atoms with E-state index in [0.717, 1.165) is 30.9 Å². The molecule has 152 valence electrons. The van der Waals surface area contributed by atoms with Crippen LogP contribution in [-0.4, -0.2) is 59.6 Å². The molecule has 0 bridgehead atoms. The third kappa shape index (κ3) is 6.43. The topological polar surface area (TPSA) is 74.8 Å². The number of carbonyl (C=O) groups is 2. The molecule has 0 aliphatic carbocycles. The van der Waals surface area contributed by atoms with E-state index in [9.17, 15) is 9.59 Å². The van der Waals surface area contributed by atoms with Gasteiger partial charge < -0.3 is 15.0 Å². The molecule has 0 unspecified atom stereocenters. The van der Waals surface area contributed by atoms with Crippen molar-refractivity contribution in [1.29, 1.82) is 0 Å². The predicted molar refractivity (Wildman–Crippen MR) is 112 cm³/mol. The van der Waals surface area contributed by atoms with Gasteiger partial charge in [-0.1, -0.05) is 18.2 Å². The van der Waals surface area contributed by atoms with Crippen LogP contribution in [0, 0.1) is 0 Å². The number of ether oxygens (including phenoxy) is 1. The molecule has 1 aromatic heterocycles. The van der Waals surface area contributed by atoms with E-state index in [2.05, 4.69) is 21.3 Å². The number of hydrogen-bond acceptors (Lipinski definition) is 5. The molecule has 1 aromatic carbocycles. The zero-order valence-corrected chi connectivity index (χ0v) is 16.6. The summed E-state index contributed by atoms with van der Waals surface area (Å²) < 4.78 is 4.85. The average molecular weight is 394 g/mol. The fourth-order valence-electron chi connectivity index (χ4n) is 3.09. The first-order chi connectivity index (χ1) is 14.1. The number of pyridine rings is 1. The van der Waals surface area contributed by atoms with E-state index in [0.29, 0.717) is 19.7 Å². The highest BCUT2D eigenvalue weighted by molar-refractivity contribution is 5.90. The summed E-state index contributed by atoms with van der Waals surface area (Å²) in [5, 5.41) is 2.93. The maximum atomic E-state index is 12.5. The van der Waals surface area contributed by atoms with Crippen LogP contribution in [0.1, 0.15) is 18.1 Å². The minimum atomic E-state index is -0.368. The number of anilines is 1. The fraction of sp³-hybridized carbons (Fsp3) is 0.318. The lowest BCUT2D eigenvalue weighted by Gasteiger charge is -2.34. The summed E-state index contributed by atoms with van der Waals surface area (Å²) in [4.78, 5) is 32.2. The first-order valence-electron chi connectivity index (χ1n) is 9.76. The van der Waals surface area contributed by atoms with Gasteiger partial charge in [-0.3, -0.25) is 9.88 Å². The Morgan fingerprint density at radius 3 is 2.55 bits per heavy atom. The Bertz CT molecular complexity index is 829. The van der Waals surface area contributed by atoms with Crippen LogP contribution >= 0.6 is 0 Å². The number of hydrogen-bond donors (Lipinski definition) is 1. The number of urea groups is 1. The minimum Gasteiger partial charge on any atom is -0.463 e. The van der Waals surface area contributed by atoms with Gasteiger partial charge in [0.05, 0.1) is 6.61 Å². The zero-order chi connectivity index (χ0) is 20.5. The molecule has 3 rings (SSSR count). The van der Waals surface area contributed by atoms with Crippen molar-refractivity contribution in [3.05, 3.63) is 66.0 Å². The summed E-state index contributed by atoms with van der Waals surface area (Å²) >= 11 is 0. The monoisotopic (exact) mass is 394 g/mol. The van der Waals surface area contributed by atoms with Crippen molar-refractivity contribution < 1.29 is 14.3 Å². The number of piperazine rings is 1. The lowest BCUT2D eigenvalue weighted by Crippen LogP contribution is -2.49. The molecule has 1 saturated heterocycles. The molecule has 0 spiro atoms. The molecule has 1 aliphatic rings. The number of nitrogens with zero attached hydrogens (tertiary/aromatic N) is 3. The van der Waals surface area contributed by atoms with Gasteiger partial charge in [0.15, 0.2) is 0 Å². The summed E-state index contributed by atoms with van der Waals surface area (Å²) in [5.41, 5.74) is 2.77. The number of nitrogens with one attached hydrogen (secondary N) is 1. The van der Waals surface area contributed by atoms with Crippen LogP contribution in [0.4, 0.5) is 10.5 Å². The number of aromatic nitrogens is 1. The normalized spacial score (nSPS) is 14.7. The van der Waals surface area contributed by atoms with Crippen LogP contribution in [-0.2, 0) is 16.1 Å². The molecule has 7 heteroatoms. The van der Waals surface area contributed by atoms with Gasteiger partial charge in [0, 0.05) is 56.9 Å². The molecule has 2 amide bonds. The second kappa shape index (κ2) is 10.4. The number of amides is 2. The Kier molecular flexibility index (Phi) is 7.35. The van der Waals surface area contributed by atoms with E-state index in [1.165, 1.54) is 11.6 Å². The van der Waals surface area contributed by atoms with E-state index in [-0.39, 0.29) is 12.0 Å². The van der Waals surface area contributed by atoms with Gasteiger partial charge in [0.1, 0.15) is 0 Å². The summed E-state index contributed by atoms with van der Waals surface area (Å²) in [6, 6.07) is 11.2. The average Bonchev–Trinajstić information content (AvgIpc) is 2.75. The third-order valence-corrected chi connectivity index (χ3v) is 4.65. The van der Waals surface area contributed by atoms with Gasteiger partial charge in [0.25, 0.3) is 0 Å². The quantitative estimate of drug-likeness (QED) is 0.602. The Hall–Kier alpha value is -3.19. The molecule has 1 aliphatic heterocycles. The molecule has 1 fully saturated rings. The smallest absolute Gasteiger partial charge is 0.330 e. The molecule has 1 N–H and O–H groups in total. The van der Waals surface area contributed by atoms with Crippen LogP contribution in [0.5, 0.6) is 0 Å². The van der Waals surface area contributed by atoms with Crippen molar-refractivity contribution >= 4 is 23.8 Å². The second-order valence-corrected chi connectivity index (χ2v) is 6.76. The number of carbonyl (C=O) groups excluding carboxylic acids is 2. The second-order valence-electron chi connectivity index (χ2n) is 6.76. The van der Waals surface area contributed by atoms with Gasteiger partial charge in [-0.2, -0.15) is 0 Å². The number of esters is 1. The number of rotatable bonds is 6. The van der Waals surface area contributed by atoms with Gasteiger partial charge in [-0.25, -0.2) is 9.59 Å². The summed E-state index contributed by atoms with van der Waals surface area (Å²) in [7, 11) is 0. The van der Waals surface area contributed by atoms with Crippen LogP contribution in [0.3, 0.4) is 0 Å². The molecule has 0 radical (unpaired) electrons. The van der Waals surface area contributed by atoms with E-state index in [4.69, 9.17) is 4.74 Å². The number of benzene rings is 1. The summed E-state index contributed by atoms with van der Waals surface area (Å²) in [6.45, 7) is 6.01. The van der Waals surface area contributed by atoms with Crippen LogP contribution < -0.4 is 5.32 Å². The summed E-state index contributed by atoms with van der Waals surface area (Å²) in [5.74, 6) is -0.368. The Balaban J connectivity index is 1.45. The first kappa shape index (κ1) is 20.5. The maximum absolute atomic E-state index is 12.5. The van der Waals surface area contributed by atoms with Crippen LogP contribution in [0.25, 0.3) is 6.08 Å². The fourth-order valence-corrected chi connectivity index (χ4v) is 3.09. The molecule has 29 heavy (non-hydrogen) atoms. The summed E-state index contributed by atoms with van der Waals surface area (Å²) in [6.07, 6.45) is 6.73. The Labute approximate surface area is 171 Å². The first-order valence-corrected chi connectivity index (χ1v) is 9.76. The van der Waals surface area contributed by atoms with E-state index >= 15 is 0 Å². The highest BCUT2D eigenvalue weighted by Gasteiger charge is 2.21. The molecular formula is C22H26N4O3. The Morgan fingerprint density at radius 2 is 1.90 bits per heavy atom. The van der Waals surface area contributed by atoms with Crippen LogP contribution in [0.2, 0.25) is 0 Å². The molecular weight excluding hydrogens is 368 g/mol. The van der Waals surface area contributed by atoms with E-state index in [1.807, 2.05) is 41.4 Å². The van der Waals surface area contributed by atoms with Crippen molar-refractivity contribution in [2.24, 2.45) is 0 Å². The zero-order valence-electron chi connectivity index (χ0n) is 16.6. The van der Waals surface area contributed by atoms with Gasteiger partial charge in [0.2, 0.25) is 0 Å². The van der Waals surface area contributed by atoms with E-state index < -0.39 is 0 Å². The van der Waals surface area contributed by atoms with Crippen molar-refractivity contribution in [3.63, 3.8) is 0 Å². The highest BCUT2D eigenvalue weighted by Crippen LogP contribution is 2.13. The van der Waals surface area contributed by atoms with Gasteiger partial charge in [-0.05, 0) is 42.3 Å². The van der Waals surface area contributed by atoms with Crippen molar-refractivity contribution in [1.82, 2.24) is 14.8 Å². The van der Waals surface area contributed by atoms with Crippen molar-refractivity contribution in [2.45, 2.75) is 13.5 Å². The van der Waals surface area contributed by atoms with Gasteiger partial charge >= 0.3 is 12.0 Å². The van der Waals surface area contributed by atoms with Gasteiger partial charge in [-0.15, -0.1) is 0 Å². The molecule has 2 aromatic rings. The molecule has 2 heterocycles. The minimum absolute atomic E-state index is 0.0964. The highest BCUT2D eigenvalue weighted by atomic mass is 16.5. The maximum Gasteiger partial charge on any atom is 0.330 e. The lowest BCUT2D eigenvalue weighted by molar-refractivity contribution is -0.137. The molecule has 7 nitrogen and oxygen atoms in total. The lowest BCUT2D eigenvalue weighted by atomic mass is 10.2. The standard InChI is InChI=1S/C22H26N4O3/c1-2-29-21(27)10-7-18-5-8-20(9-6-18)24-22(28)26-14-12-25(13-15-26)17-19-4-3-11-23-16-19/h3-11,16H,2,12-15,17H2,1H3,(H,24,28)/b10-7-. The predicted octanol–water partition coefficient (Wildman–Crippen LogP) is 3.01. The molecule has 0 atom stereocenters. The van der Waals surface area contributed by atoms with Crippen molar-refractivity contribution in [3.8, 4) is 0 Å². The van der Waals surface area contributed by atoms with Crippen molar-refractivity contribution in [2.75, 3.05) is 38.1 Å². The molecule has 0 saturated carbocycles. The van der Waals surface area contributed by atoms with E-state index in [1.54, 1.807) is 19.2 Å². The Morgan fingerprint density at radius 1 is 1.14 bits per heavy atom. The SMILES string of the molecule is CCOC(=O)/C=C\c1ccc(NC(=O)N2CCN(Cc3cccnc3)CC2)cc1.